The molecular formula is C26H46O7Si. The first-order valence-electron chi connectivity index (χ1n) is 11.7. The molecule has 8 heteroatoms. The van der Waals surface area contributed by atoms with E-state index in [1.807, 2.05) is 40.7 Å². The lowest BCUT2D eigenvalue weighted by molar-refractivity contribution is -0.235. The lowest BCUT2D eigenvalue weighted by atomic mass is 9.97. The molecule has 0 aromatic heterocycles. The van der Waals surface area contributed by atoms with Crippen LogP contribution < -0.4 is 9.47 Å². The van der Waals surface area contributed by atoms with Crippen molar-refractivity contribution in [3.8, 4) is 11.5 Å². The fourth-order valence-corrected chi connectivity index (χ4v) is 3.79. The highest BCUT2D eigenvalue weighted by molar-refractivity contribution is 6.74. The van der Waals surface area contributed by atoms with E-state index in [1.165, 1.54) is 0 Å². The molecule has 0 fully saturated rings. The number of rotatable bonds is 11. The molecule has 0 saturated heterocycles. The van der Waals surface area contributed by atoms with Crippen molar-refractivity contribution in [2.75, 3.05) is 27.9 Å². The van der Waals surface area contributed by atoms with Crippen LogP contribution >= 0.6 is 0 Å². The van der Waals surface area contributed by atoms with Crippen LogP contribution in [0, 0.1) is 5.41 Å². The first-order chi connectivity index (χ1) is 15.4. The predicted molar refractivity (Wildman–Crippen MR) is 137 cm³/mol. The summed E-state index contributed by atoms with van der Waals surface area (Å²) in [5.74, 6) is -0.0352. The maximum absolute atomic E-state index is 12.6. The lowest BCUT2D eigenvalue weighted by Crippen LogP contribution is -2.40. The molecule has 0 N–H and O–H groups in total. The van der Waals surface area contributed by atoms with Crippen LogP contribution in [0.1, 0.15) is 72.6 Å². The molecule has 0 radical (unpaired) electrons. The van der Waals surface area contributed by atoms with Gasteiger partial charge in [-0.15, -0.1) is 0 Å². The van der Waals surface area contributed by atoms with E-state index in [-0.39, 0.29) is 17.6 Å². The van der Waals surface area contributed by atoms with E-state index in [0.29, 0.717) is 18.1 Å². The Balaban J connectivity index is 3.55. The van der Waals surface area contributed by atoms with Gasteiger partial charge in [0.25, 0.3) is 0 Å². The van der Waals surface area contributed by atoms with Crippen LogP contribution in [0.15, 0.2) is 12.1 Å². The van der Waals surface area contributed by atoms with Crippen LogP contribution in [0.2, 0.25) is 18.1 Å². The van der Waals surface area contributed by atoms with E-state index in [4.69, 9.17) is 28.1 Å². The maximum atomic E-state index is 12.6. The SMILES string of the molecule is COc1cc(CO[Si](C)(C)C(C)(C)C)c([C@H](COC(=O)C(C)(C)C)OC(C)(C)OC)c(OC)c1. The number of esters is 1. The Bertz CT molecular complexity index is 820. The minimum Gasteiger partial charge on any atom is -0.497 e. The number of hydrogen-bond acceptors (Lipinski definition) is 7. The zero-order valence-electron chi connectivity index (χ0n) is 23.5. The van der Waals surface area contributed by atoms with E-state index in [2.05, 4.69) is 33.9 Å². The smallest absolute Gasteiger partial charge is 0.311 e. The highest BCUT2D eigenvalue weighted by atomic mass is 28.4. The molecule has 1 atom stereocenters. The van der Waals surface area contributed by atoms with Crippen LogP contribution in [-0.2, 0) is 30.0 Å². The minimum atomic E-state index is -2.05. The molecule has 0 bridgehead atoms. The van der Waals surface area contributed by atoms with Gasteiger partial charge >= 0.3 is 5.97 Å². The van der Waals surface area contributed by atoms with Gasteiger partial charge in [0.1, 0.15) is 24.2 Å². The van der Waals surface area contributed by atoms with E-state index in [1.54, 1.807) is 27.4 Å². The fraction of sp³-hybridized carbons (Fsp3) is 0.731. The van der Waals surface area contributed by atoms with Crippen molar-refractivity contribution in [2.45, 2.75) is 92.0 Å². The summed E-state index contributed by atoms with van der Waals surface area (Å²) in [5, 5.41) is 0.0479. The molecule has 1 aromatic carbocycles. The second-order valence-electron chi connectivity index (χ2n) is 11.5. The summed E-state index contributed by atoms with van der Waals surface area (Å²) in [6.07, 6.45) is -0.653. The Labute approximate surface area is 207 Å². The van der Waals surface area contributed by atoms with Gasteiger partial charge < -0.3 is 28.1 Å². The second-order valence-corrected chi connectivity index (χ2v) is 16.3. The van der Waals surface area contributed by atoms with Crippen molar-refractivity contribution < 1.29 is 32.9 Å². The molecule has 0 aliphatic carbocycles. The molecule has 0 heterocycles. The Morgan fingerprint density at radius 3 is 1.97 bits per heavy atom. The quantitative estimate of drug-likeness (QED) is 0.203. The molecule has 0 aliphatic rings. The maximum Gasteiger partial charge on any atom is 0.311 e. The third-order valence-corrected chi connectivity index (χ3v) is 10.7. The molecule has 196 valence electrons. The van der Waals surface area contributed by atoms with Crippen LogP contribution in [0.4, 0.5) is 0 Å². The molecule has 0 unspecified atom stereocenters. The van der Waals surface area contributed by atoms with Crippen molar-refractivity contribution in [3.05, 3.63) is 23.3 Å². The van der Waals surface area contributed by atoms with Gasteiger partial charge in [-0.1, -0.05) is 20.8 Å². The highest BCUT2D eigenvalue weighted by Crippen LogP contribution is 2.41. The standard InChI is InChI=1S/C26H46O7Si/c1-24(2,3)23(27)31-17-21(33-26(7,8)30-11)22-18(14-19(28-9)15-20(22)29-10)16-32-34(12,13)25(4,5)6/h14-15,21H,16-17H2,1-13H3/t21-/m0/s1. The number of hydrogen-bond donors (Lipinski definition) is 0. The molecule has 0 saturated carbocycles. The van der Waals surface area contributed by atoms with Crippen LogP contribution in [0.25, 0.3) is 0 Å². The molecule has 0 aliphatic heterocycles. The Morgan fingerprint density at radius 1 is 0.941 bits per heavy atom. The molecule has 1 aromatic rings. The Morgan fingerprint density at radius 2 is 1.53 bits per heavy atom. The summed E-state index contributed by atoms with van der Waals surface area (Å²) in [4.78, 5) is 12.6. The molecule has 0 spiro atoms. The zero-order valence-corrected chi connectivity index (χ0v) is 24.5. The van der Waals surface area contributed by atoms with Crippen LogP contribution in [-0.4, -0.2) is 48.0 Å². The van der Waals surface area contributed by atoms with Gasteiger partial charge in [0.2, 0.25) is 0 Å². The average Bonchev–Trinajstić information content (AvgIpc) is 2.72. The number of carbonyl (C=O) groups is 1. The summed E-state index contributed by atoms with van der Waals surface area (Å²) in [6, 6.07) is 3.72. The van der Waals surface area contributed by atoms with Gasteiger partial charge in [-0.05, 0) is 64.4 Å². The summed E-state index contributed by atoms with van der Waals surface area (Å²) in [7, 11) is 2.73. The van der Waals surface area contributed by atoms with Crippen LogP contribution in [0.3, 0.4) is 0 Å². The lowest BCUT2D eigenvalue weighted by Gasteiger charge is -2.37. The third kappa shape index (κ3) is 8.25. The van der Waals surface area contributed by atoms with Crippen LogP contribution in [0.5, 0.6) is 11.5 Å². The van der Waals surface area contributed by atoms with Crippen molar-refractivity contribution in [3.63, 3.8) is 0 Å². The predicted octanol–water partition coefficient (Wildman–Crippen LogP) is 6.26. The monoisotopic (exact) mass is 498 g/mol. The topological polar surface area (TPSA) is 72.5 Å². The first-order valence-corrected chi connectivity index (χ1v) is 14.6. The van der Waals surface area contributed by atoms with Crippen molar-refractivity contribution in [1.29, 1.82) is 0 Å². The molecular weight excluding hydrogens is 452 g/mol. The van der Waals surface area contributed by atoms with Gasteiger partial charge in [0, 0.05) is 18.7 Å². The first kappa shape index (κ1) is 30.4. The summed E-state index contributed by atoms with van der Waals surface area (Å²) in [5.41, 5.74) is 0.957. The largest absolute Gasteiger partial charge is 0.497 e. The minimum absolute atomic E-state index is 0.00132. The molecule has 0 amide bonds. The van der Waals surface area contributed by atoms with E-state index in [0.717, 1.165) is 11.1 Å². The second kappa shape index (κ2) is 11.4. The van der Waals surface area contributed by atoms with E-state index < -0.39 is 25.6 Å². The van der Waals surface area contributed by atoms with Gasteiger partial charge in [-0.25, -0.2) is 0 Å². The molecule has 34 heavy (non-hydrogen) atoms. The average molecular weight is 499 g/mol. The van der Waals surface area contributed by atoms with Gasteiger partial charge in [-0.2, -0.15) is 0 Å². The Hall–Kier alpha value is -1.61. The van der Waals surface area contributed by atoms with Gasteiger partial charge in [-0.3, -0.25) is 4.79 Å². The molecule has 1 rings (SSSR count). The number of benzene rings is 1. The highest BCUT2D eigenvalue weighted by Gasteiger charge is 2.38. The van der Waals surface area contributed by atoms with E-state index >= 15 is 0 Å². The van der Waals surface area contributed by atoms with E-state index in [9.17, 15) is 4.79 Å². The number of carbonyl (C=O) groups excluding carboxylic acids is 1. The summed E-state index contributed by atoms with van der Waals surface area (Å²) in [6.45, 7) is 20.4. The van der Waals surface area contributed by atoms with Gasteiger partial charge in [0.05, 0.1) is 26.2 Å². The zero-order chi connectivity index (χ0) is 26.5. The molecule has 7 nitrogen and oxygen atoms in total. The van der Waals surface area contributed by atoms with Gasteiger partial charge in [0.15, 0.2) is 14.1 Å². The number of ether oxygens (including phenoxy) is 5. The van der Waals surface area contributed by atoms with Crippen molar-refractivity contribution in [2.24, 2.45) is 5.41 Å². The fourth-order valence-electron chi connectivity index (χ4n) is 2.84. The third-order valence-electron chi connectivity index (χ3n) is 6.27. The van der Waals surface area contributed by atoms with Crippen molar-refractivity contribution in [1.82, 2.24) is 0 Å². The normalized spacial score (nSPS) is 14.0. The van der Waals surface area contributed by atoms with Crippen molar-refractivity contribution >= 4 is 14.3 Å². The number of methoxy groups -OCH3 is 3. The summed E-state index contributed by atoms with van der Waals surface area (Å²) < 4.78 is 35.3. The summed E-state index contributed by atoms with van der Waals surface area (Å²) >= 11 is 0. The Kier molecular flexibility index (Phi) is 10.2.